The van der Waals surface area contributed by atoms with Gasteiger partial charge >= 0.3 is 0 Å². The lowest BCUT2D eigenvalue weighted by atomic mass is 9.92. The molecule has 0 radical (unpaired) electrons. The minimum absolute atomic E-state index is 0.0462. The van der Waals surface area contributed by atoms with Crippen molar-refractivity contribution in [1.82, 2.24) is 5.32 Å². The first-order valence-corrected chi connectivity index (χ1v) is 9.27. The van der Waals surface area contributed by atoms with Crippen molar-refractivity contribution < 1.29 is 9.53 Å². The van der Waals surface area contributed by atoms with Crippen LogP contribution in [0.5, 0.6) is 0 Å². The molecule has 0 bridgehead atoms. The number of halogens is 1. The maximum atomic E-state index is 12.2. The maximum Gasteiger partial charge on any atom is 0.237 e. The predicted octanol–water partition coefficient (Wildman–Crippen LogP) is 2.80. The summed E-state index contributed by atoms with van der Waals surface area (Å²) in [6.07, 6.45) is 1.75. The second-order valence-electron chi connectivity index (χ2n) is 5.60. The van der Waals surface area contributed by atoms with Gasteiger partial charge in [-0.15, -0.1) is 11.8 Å². The highest BCUT2D eigenvalue weighted by molar-refractivity contribution is 9.10. The van der Waals surface area contributed by atoms with Crippen LogP contribution in [0.1, 0.15) is 19.8 Å². The van der Waals surface area contributed by atoms with E-state index < -0.39 is 6.04 Å². The summed E-state index contributed by atoms with van der Waals surface area (Å²) in [6, 6.07) is 7.76. The van der Waals surface area contributed by atoms with Gasteiger partial charge in [0.05, 0.1) is 6.04 Å². The van der Waals surface area contributed by atoms with E-state index >= 15 is 0 Å². The zero-order chi connectivity index (χ0) is 15.9. The Balaban J connectivity index is 1.73. The first-order chi connectivity index (χ1) is 10.6. The molecule has 2 atom stereocenters. The van der Waals surface area contributed by atoms with Crippen LogP contribution < -0.4 is 11.1 Å². The fraction of sp³-hybridized carbons (Fsp3) is 0.562. The highest BCUT2D eigenvalue weighted by atomic mass is 79.9. The molecule has 0 spiro atoms. The summed E-state index contributed by atoms with van der Waals surface area (Å²) >= 11 is 5.17. The molecule has 6 heteroatoms. The number of carbonyl (C=O) groups excluding carboxylic acids is 1. The highest BCUT2D eigenvalue weighted by Crippen LogP contribution is 2.24. The second kappa shape index (κ2) is 8.91. The van der Waals surface area contributed by atoms with Crippen LogP contribution in [-0.2, 0) is 9.53 Å². The van der Waals surface area contributed by atoms with E-state index in [2.05, 4.69) is 40.3 Å². The quantitative estimate of drug-likeness (QED) is 0.737. The molecule has 2 unspecified atom stereocenters. The van der Waals surface area contributed by atoms with Crippen LogP contribution in [0.25, 0.3) is 0 Å². The number of nitrogens with one attached hydrogen (secondary N) is 1. The molecule has 1 aromatic rings. The summed E-state index contributed by atoms with van der Waals surface area (Å²) in [4.78, 5) is 13.3. The summed E-state index contributed by atoms with van der Waals surface area (Å²) in [6.45, 7) is 4.15. The molecule has 1 fully saturated rings. The molecule has 2 rings (SSSR count). The lowest BCUT2D eigenvalue weighted by Gasteiger charge is -2.27. The molecule has 1 aliphatic rings. The molecule has 0 aromatic heterocycles. The molecule has 0 saturated carbocycles. The van der Waals surface area contributed by atoms with Crippen molar-refractivity contribution in [3.63, 3.8) is 0 Å². The van der Waals surface area contributed by atoms with Crippen LogP contribution in [-0.4, -0.2) is 37.0 Å². The molecule has 22 heavy (non-hydrogen) atoms. The number of rotatable bonds is 6. The van der Waals surface area contributed by atoms with Gasteiger partial charge in [0.1, 0.15) is 0 Å². The zero-order valence-corrected chi connectivity index (χ0v) is 15.2. The van der Waals surface area contributed by atoms with Gasteiger partial charge in [-0.05, 0) is 43.0 Å². The average molecular weight is 387 g/mol. The monoisotopic (exact) mass is 386 g/mol. The smallest absolute Gasteiger partial charge is 0.237 e. The number of thioether (sulfide) groups is 1. The molecule has 1 saturated heterocycles. The first-order valence-electron chi connectivity index (χ1n) is 7.59. The Kier molecular flexibility index (Phi) is 7.21. The van der Waals surface area contributed by atoms with Crippen molar-refractivity contribution in [1.29, 1.82) is 0 Å². The third-order valence-electron chi connectivity index (χ3n) is 3.79. The Morgan fingerprint density at radius 2 is 2.05 bits per heavy atom. The number of amides is 1. The van der Waals surface area contributed by atoms with Gasteiger partial charge in [0.25, 0.3) is 0 Å². The minimum Gasteiger partial charge on any atom is -0.381 e. The lowest BCUT2D eigenvalue weighted by Crippen LogP contribution is -2.48. The molecular weight excluding hydrogens is 364 g/mol. The molecule has 0 aliphatic carbocycles. The van der Waals surface area contributed by atoms with Crippen molar-refractivity contribution >= 4 is 33.6 Å². The number of carbonyl (C=O) groups is 1. The maximum absolute atomic E-state index is 12.2. The molecule has 3 N–H and O–H groups in total. The Morgan fingerprint density at radius 3 is 2.68 bits per heavy atom. The van der Waals surface area contributed by atoms with Crippen LogP contribution in [0, 0.1) is 5.92 Å². The third-order valence-corrected chi connectivity index (χ3v) is 5.43. The number of ether oxygens (including phenoxy) is 1. The first kappa shape index (κ1) is 17.8. The van der Waals surface area contributed by atoms with Crippen LogP contribution in [0.2, 0.25) is 0 Å². The van der Waals surface area contributed by atoms with E-state index in [1.165, 1.54) is 4.90 Å². The summed E-state index contributed by atoms with van der Waals surface area (Å²) in [5.41, 5.74) is 6.07. The fourth-order valence-electron chi connectivity index (χ4n) is 2.44. The van der Waals surface area contributed by atoms with Gasteiger partial charge in [0.2, 0.25) is 5.91 Å². The van der Waals surface area contributed by atoms with E-state index in [0.717, 1.165) is 17.3 Å². The van der Waals surface area contributed by atoms with E-state index in [0.29, 0.717) is 25.0 Å². The van der Waals surface area contributed by atoms with Crippen molar-refractivity contribution in [2.45, 2.75) is 36.0 Å². The standard InChI is InChI=1S/C16H23BrN2O2S/c1-11(22-14-4-2-13(17)3-5-14)10-19-16(20)15(18)12-6-8-21-9-7-12/h2-5,11-12,15H,6-10,18H2,1H3,(H,19,20). The Labute approximate surface area is 144 Å². The largest absolute Gasteiger partial charge is 0.381 e. The number of hydrogen-bond donors (Lipinski definition) is 2. The number of benzene rings is 1. The molecule has 1 amide bonds. The predicted molar refractivity (Wildman–Crippen MR) is 94.0 cm³/mol. The van der Waals surface area contributed by atoms with Crippen LogP contribution in [0.3, 0.4) is 0 Å². The normalized spacial score (nSPS) is 18.7. The van der Waals surface area contributed by atoms with Gasteiger partial charge in [0.15, 0.2) is 0 Å². The van der Waals surface area contributed by atoms with E-state index in [9.17, 15) is 4.79 Å². The molecular formula is C16H23BrN2O2S. The van der Waals surface area contributed by atoms with Gasteiger partial charge in [-0.3, -0.25) is 4.79 Å². The summed E-state index contributed by atoms with van der Waals surface area (Å²) in [5.74, 6) is 0.193. The van der Waals surface area contributed by atoms with Crippen LogP contribution >= 0.6 is 27.7 Å². The van der Waals surface area contributed by atoms with Gasteiger partial charge in [-0.1, -0.05) is 22.9 Å². The van der Waals surface area contributed by atoms with Crippen molar-refractivity contribution in [3.05, 3.63) is 28.7 Å². The summed E-state index contributed by atoms with van der Waals surface area (Å²) in [7, 11) is 0. The molecule has 4 nitrogen and oxygen atoms in total. The zero-order valence-electron chi connectivity index (χ0n) is 12.8. The molecule has 122 valence electrons. The molecule has 1 aliphatic heterocycles. The van der Waals surface area contributed by atoms with E-state index in [1.54, 1.807) is 11.8 Å². The topological polar surface area (TPSA) is 64.4 Å². The number of hydrogen-bond acceptors (Lipinski definition) is 4. The van der Waals surface area contributed by atoms with E-state index in [4.69, 9.17) is 10.5 Å². The van der Waals surface area contributed by atoms with Crippen molar-refractivity contribution in [2.24, 2.45) is 11.7 Å². The molecule has 1 aromatic carbocycles. The van der Waals surface area contributed by atoms with Crippen molar-refractivity contribution in [2.75, 3.05) is 19.8 Å². The van der Waals surface area contributed by atoms with Gasteiger partial charge in [-0.2, -0.15) is 0 Å². The van der Waals surface area contributed by atoms with Gasteiger partial charge in [0, 0.05) is 34.4 Å². The SMILES string of the molecule is CC(CNC(=O)C(N)C1CCOCC1)Sc1ccc(Br)cc1. The van der Waals surface area contributed by atoms with Crippen LogP contribution in [0.4, 0.5) is 0 Å². The van der Waals surface area contributed by atoms with Crippen LogP contribution in [0.15, 0.2) is 33.6 Å². The van der Waals surface area contributed by atoms with E-state index in [1.807, 2.05) is 12.1 Å². The highest BCUT2D eigenvalue weighted by Gasteiger charge is 2.26. The van der Waals surface area contributed by atoms with E-state index in [-0.39, 0.29) is 11.8 Å². The Hall–Kier alpha value is -0.560. The fourth-order valence-corrected chi connectivity index (χ4v) is 3.63. The Morgan fingerprint density at radius 1 is 1.41 bits per heavy atom. The average Bonchev–Trinajstić information content (AvgIpc) is 2.55. The summed E-state index contributed by atoms with van der Waals surface area (Å²) in [5, 5.41) is 3.27. The van der Waals surface area contributed by atoms with Crippen molar-refractivity contribution in [3.8, 4) is 0 Å². The summed E-state index contributed by atoms with van der Waals surface area (Å²) < 4.78 is 6.38. The second-order valence-corrected chi connectivity index (χ2v) is 8.03. The molecule has 1 heterocycles. The number of nitrogens with two attached hydrogens (primary N) is 1. The third kappa shape index (κ3) is 5.57. The Bertz CT molecular complexity index is 478. The van der Waals surface area contributed by atoms with Gasteiger partial charge < -0.3 is 15.8 Å². The lowest BCUT2D eigenvalue weighted by molar-refractivity contribution is -0.124. The minimum atomic E-state index is -0.422. The van der Waals surface area contributed by atoms with Gasteiger partial charge in [-0.25, -0.2) is 0 Å².